The standard InChI is InChI=1S/C18H18O3S/c1-2-3-4-11-5-6-16-12(7-11)8-14(20)18-15(21)9-13(19)10-17(18)22-16/h5-7,9-10,19,21H,2-4,8H2,1H3. The monoisotopic (exact) mass is 314 g/mol. The average Bonchev–Trinajstić information content (AvgIpc) is 2.59. The van der Waals surface area contributed by atoms with Crippen molar-refractivity contribution in [2.45, 2.75) is 42.4 Å². The van der Waals surface area contributed by atoms with Crippen molar-refractivity contribution in [3.05, 3.63) is 47.0 Å². The summed E-state index contributed by atoms with van der Waals surface area (Å²) in [6.07, 6.45) is 3.58. The Kier molecular flexibility index (Phi) is 4.12. The topological polar surface area (TPSA) is 57.5 Å². The van der Waals surface area contributed by atoms with Gasteiger partial charge in [0.1, 0.15) is 11.5 Å². The summed E-state index contributed by atoms with van der Waals surface area (Å²) < 4.78 is 0. The van der Waals surface area contributed by atoms with Crippen LogP contribution in [0.1, 0.15) is 41.3 Å². The zero-order valence-corrected chi connectivity index (χ0v) is 13.2. The van der Waals surface area contributed by atoms with Gasteiger partial charge in [0.05, 0.1) is 5.56 Å². The van der Waals surface area contributed by atoms with E-state index in [-0.39, 0.29) is 23.7 Å². The lowest BCUT2D eigenvalue weighted by atomic mass is 9.99. The van der Waals surface area contributed by atoms with Gasteiger partial charge in [-0.1, -0.05) is 37.2 Å². The first-order valence-corrected chi connectivity index (χ1v) is 8.29. The van der Waals surface area contributed by atoms with Gasteiger partial charge in [0.2, 0.25) is 0 Å². The van der Waals surface area contributed by atoms with Crippen LogP contribution in [0.2, 0.25) is 0 Å². The maximum absolute atomic E-state index is 12.5. The van der Waals surface area contributed by atoms with Gasteiger partial charge in [-0.25, -0.2) is 0 Å². The van der Waals surface area contributed by atoms with Gasteiger partial charge in [-0.2, -0.15) is 0 Å². The molecule has 114 valence electrons. The number of carbonyl (C=O) groups is 1. The molecule has 22 heavy (non-hydrogen) atoms. The molecular weight excluding hydrogens is 296 g/mol. The number of aromatic hydroxyl groups is 2. The van der Waals surface area contributed by atoms with Gasteiger partial charge in [0.25, 0.3) is 0 Å². The molecule has 0 saturated heterocycles. The van der Waals surface area contributed by atoms with Gasteiger partial charge in [0, 0.05) is 22.3 Å². The summed E-state index contributed by atoms with van der Waals surface area (Å²) in [5.74, 6) is -0.280. The molecule has 4 heteroatoms. The summed E-state index contributed by atoms with van der Waals surface area (Å²) in [6.45, 7) is 2.16. The van der Waals surface area contributed by atoms with Crippen molar-refractivity contribution in [2.75, 3.05) is 0 Å². The van der Waals surface area contributed by atoms with Crippen molar-refractivity contribution in [1.29, 1.82) is 0 Å². The number of phenolic OH excluding ortho intramolecular Hbond substituents is 2. The maximum atomic E-state index is 12.5. The lowest BCUT2D eigenvalue weighted by Crippen LogP contribution is -2.04. The van der Waals surface area contributed by atoms with E-state index in [9.17, 15) is 15.0 Å². The molecule has 2 aromatic carbocycles. The lowest BCUT2D eigenvalue weighted by Gasteiger charge is -2.08. The summed E-state index contributed by atoms with van der Waals surface area (Å²) in [7, 11) is 0. The van der Waals surface area contributed by atoms with Gasteiger partial charge in [-0.05, 0) is 36.1 Å². The second kappa shape index (κ2) is 6.05. The minimum Gasteiger partial charge on any atom is -0.508 e. The van der Waals surface area contributed by atoms with Crippen LogP contribution in [0.15, 0.2) is 40.1 Å². The van der Waals surface area contributed by atoms with E-state index in [1.807, 2.05) is 6.07 Å². The molecule has 0 aliphatic carbocycles. The van der Waals surface area contributed by atoms with Crippen LogP contribution in [0.4, 0.5) is 0 Å². The molecule has 2 N–H and O–H groups in total. The zero-order valence-electron chi connectivity index (χ0n) is 12.4. The van der Waals surface area contributed by atoms with Crippen LogP contribution < -0.4 is 0 Å². The third-order valence-electron chi connectivity index (χ3n) is 3.86. The number of unbranched alkanes of at least 4 members (excludes halogenated alkanes) is 1. The summed E-state index contributed by atoms with van der Waals surface area (Å²) in [6, 6.07) is 8.99. The molecule has 3 rings (SSSR count). The van der Waals surface area contributed by atoms with Crippen molar-refractivity contribution in [3.63, 3.8) is 0 Å². The minimum atomic E-state index is -0.147. The van der Waals surface area contributed by atoms with E-state index in [4.69, 9.17) is 0 Å². The summed E-state index contributed by atoms with van der Waals surface area (Å²) >= 11 is 1.43. The average molecular weight is 314 g/mol. The normalized spacial score (nSPS) is 13.4. The highest BCUT2D eigenvalue weighted by atomic mass is 32.2. The Balaban J connectivity index is 2.02. The number of phenols is 2. The van der Waals surface area contributed by atoms with E-state index in [0.717, 1.165) is 29.7 Å². The Morgan fingerprint density at radius 3 is 2.73 bits per heavy atom. The number of carbonyl (C=O) groups excluding carboxylic acids is 1. The highest BCUT2D eigenvalue weighted by Crippen LogP contribution is 2.42. The van der Waals surface area contributed by atoms with Crippen LogP contribution in [0.25, 0.3) is 0 Å². The van der Waals surface area contributed by atoms with Crippen LogP contribution in [0.5, 0.6) is 11.5 Å². The number of fused-ring (bicyclic) bond motifs is 2. The fraction of sp³-hybridized carbons (Fsp3) is 0.278. The number of aryl methyl sites for hydroxylation is 1. The molecule has 0 unspecified atom stereocenters. The van der Waals surface area contributed by atoms with Gasteiger partial charge in [-0.3, -0.25) is 4.79 Å². The quantitative estimate of drug-likeness (QED) is 0.885. The Morgan fingerprint density at radius 1 is 1.14 bits per heavy atom. The molecule has 1 heterocycles. The summed E-state index contributed by atoms with van der Waals surface area (Å²) in [5.41, 5.74) is 2.56. The highest BCUT2D eigenvalue weighted by molar-refractivity contribution is 7.99. The predicted molar refractivity (Wildman–Crippen MR) is 87.0 cm³/mol. The molecule has 1 aliphatic heterocycles. The van der Waals surface area contributed by atoms with E-state index in [2.05, 4.69) is 19.1 Å². The summed E-state index contributed by atoms with van der Waals surface area (Å²) in [4.78, 5) is 14.1. The zero-order chi connectivity index (χ0) is 15.7. The third kappa shape index (κ3) is 2.83. The molecule has 0 spiro atoms. The number of ketones is 1. The van der Waals surface area contributed by atoms with Crippen molar-refractivity contribution >= 4 is 17.5 Å². The number of rotatable bonds is 3. The predicted octanol–water partition coefficient (Wildman–Crippen LogP) is 4.33. The van der Waals surface area contributed by atoms with Crippen LogP contribution >= 0.6 is 11.8 Å². The van der Waals surface area contributed by atoms with E-state index >= 15 is 0 Å². The molecule has 0 atom stereocenters. The first-order valence-electron chi connectivity index (χ1n) is 7.47. The molecule has 0 bridgehead atoms. The number of Topliss-reactive ketones (excluding diaryl/α,β-unsaturated/α-hetero) is 1. The van der Waals surface area contributed by atoms with Crippen LogP contribution in [-0.4, -0.2) is 16.0 Å². The molecule has 0 amide bonds. The highest BCUT2D eigenvalue weighted by Gasteiger charge is 2.24. The van der Waals surface area contributed by atoms with Gasteiger partial charge in [-0.15, -0.1) is 0 Å². The second-order valence-electron chi connectivity index (χ2n) is 5.59. The molecule has 1 aliphatic rings. The van der Waals surface area contributed by atoms with E-state index < -0.39 is 0 Å². The van der Waals surface area contributed by atoms with Crippen LogP contribution in [0.3, 0.4) is 0 Å². The van der Waals surface area contributed by atoms with Gasteiger partial charge < -0.3 is 10.2 Å². The Hall–Kier alpha value is -1.94. The fourth-order valence-corrected chi connectivity index (χ4v) is 3.87. The molecule has 0 radical (unpaired) electrons. The minimum absolute atomic E-state index is 0.0282. The number of hydrogen-bond donors (Lipinski definition) is 2. The van der Waals surface area contributed by atoms with Crippen molar-refractivity contribution in [1.82, 2.24) is 0 Å². The van der Waals surface area contributed by atoms with E-state index in [1.165, 1.54) is 29.5 Å². The summed E-state index contributed by atoms with van der Waals surface area (Å²) in [5, 5.41) is 19.6. The molecular formula is C18H18O3S. The fourth-order valence-electron chi connectivity index (χ4n) is 2.73. The third-order valence-corrected chi connectivity index (χ3v) is 5.02. The Bertz CT molecular complexity index is 737. The van der Waals surface area contributed by atoms with Gasteiger partial charge >= 0.3 is 0 Å². The molecule has 0 saturated carbocycles. The second-order valence-corrected chi connectivity index (χ2v) is 6.67. The van der Waals surface area contributed by atoms with E-state index in [1.54, 1.807) is 0 Å². The van der Waals surface area contributed by atoms with E-state index in [0.29, 0.717) is 10.5 Å². The smallest absolute Gasteiger partial charge is 0.172 e. The largest absolute Gasteiger partial charge is 0.508 e. The Morgan fingerprint density at radius 2 is 1.95 bits per heavy atom. The lowest BCUT2D eigenvalue weighted by molar-refractivity contribution is 0.0987. The molecule has 3 nitrogen and oxygen atoms in total. The van der Waals surface area contributed by atoms with Crippen molar-refractivity contribution in [3.8, 4) is 11.5 Å². The van der Waals surface area contributed by atoms with Crippen molar-refractivity contribution < 1.29 is 15.0 Å². The first-order chi connectivity index (χ1) is 10.6. The molecule has 0 aromatic heterocycles. The van der Waals surface area contributed by atoms with Gasteiger partial charge in [0.15, 0.2) is 5.78 Å². The van der Waals surface area contributed by atoms with Crippen LogP contribution in [-0.2, 0) is 12.8 Å². The Labute approximate surface area is 134 Å². The molecule has 0 fully saturated rings. The number of benzene rings is 2. The van der Waals surface area contributed by atoms with Crippen LogP contribution in [0, 0.1) is 0 Å². The first kappa shape index (κ1) is 15.0. The SMILES string of the molecule is CCCCc1ccc2c(c1)CC(=O)c1c(O)cc(O)cc1S2. The number of hydrogen-bond acceptors (Lipinski definition) is 4. The molecule has 2 aromatic rings. The maximum Gasteiger partial charge on any atom is 0.172 e. The van der Waals surface area contributed by atoms with Crippen molar-refractivity contribution in [2.24, 2.45) is 0 Å².